The second-order valence-corrected chi connectivity index (χ2v) is 5.57. The summed E-state index contributed by atoms with van der Waals surface area (Å²) in [5.74, 6) is -10.7. The minimum Gasteiger partial charge on any atom is -0.454 e. The highest BCUT2D eigenvalue weighted by Crippen LogP contribution is 2.25. The molecule has 0 unspecified atom stereocenters. The van der Waals surface area contributed by atoms with E-state index in [1.807, 2.05) is 0 Å². The predicted molar refractivity (Wildman–Crippen MR) is 74.7 cm³/mol. The molecule has 0 atom stereocenters. The van der Waals surface area contributed by atoms with Crippen molar-refractivity contribution in [1.82, 2.24) is 0 Å². The third-order valence-corrected chi connectivity index (χ3v) is 2.75. The van der Waals surface area contributed by atoms with Crippen molar-refractivity contribution in [2.24, 2.45) is 0 Å². The molecule has 0 aromatic carbocycles. The van der Waals surface area contributed by atoms with Crippen LogP contribution < -0.4 is 0 Å². The Morgan fingerprint density at radius 3 is 1.10 bits per heavy atom. The van der Waals surface area contributed by atoms with Crippen LogP contribution in [0.5, 0.6) is 0 Å². The predicted octanol–water partition coefficient (Wildman–Crippen LogP) is 2.16. The fraction of sp³-hybridized carbons (Fsp3) is 0.571. The first-order chi connectivity index (χ1) is 13.7. The molecule has 0 heterocycles. The number of halogens is 9. The summed E-state index contributed by atoms with van der Waals surface area (Å²) in [6, 6.07) is 0. The Morgan fingerprint density at radius 2 is 0.903 bits per heavy atom. The van der Waals surface area contributed by atoms with Crippen LogP contribution in [0, 0.1) is 0 Å². The minimum atomic E-state index is -5.69. The van der Waals surface area contributed by atoms with Crippen LogP contribution in [0.2, 0.25) is 0 Å². The van der Waals surface area contributed by atoms with E-state index < -0.39 is 73.4 Å². The molecule has 0 N–H and O–H groups in total. The second kappa shape index (κ2) is 9.86. The van der Waals surface area contributed by atoms with Crippen LogP contribution in [0.4, 0.5) is 39.5 Å². The van der Waals surface area contributed by atoms with Crippen molar-refractivity contribution in [2.45, 2.75) is 31.1 Å². The van der Waals surface area contributed by atoms with Gasteiger partial charge >= 0.3 is 42.4 Å². The molecule has 0 spiro atoms. The number of carbonyl (C=O) groups is 4. The SMILES string of the molecule is C=C(C)C(=O)OC(COC(=O)C(F)(F)F)(COC(=O)C(F)(F)F)COC(=O)C(F)(F)F. The van der Waals surface area contributed by atoms with Crippen molar-refractivity contribution in [1.29, 1.82) is 0 Å². The fourth-order valence-electron chi connectivity index (χ4n) is 1.33. The van der Waals surface area contributed by atoms with E-state index in [4.69, 9.17) is 0 Å². The molecule has 8 nitrogen and oxygen atoms in total. The second-order valence-electron chi connectivity index (χ2n) is 5.57. The highest BCUT2D eigenvalue weighted by molar-refractivity contribution is 5.87. The van der Waals surface area contributed by atoms with E-state index in [1.54, 1.807) is 0 Å². The lowest BCUT2D eigenvalue weighted by Crippen LogP contribution is -2.52. The summed E-state index contributed by atoms with van der Waals surface area (Å²) >= 11 is 0. The normalized spacial score (nSPS) is 12.6. The van der Waals surface area contributed by atoms with E-state index in [0.29, 0.717) is 0 Å². The number of esters is 4. The molecule has 0 aromatic rings. The van der Waals surface area contributed by atoms with Crippen LogP contribution in [-0.4, -0.2) is 67.8 Å². The van der Waals surface area contributed by atoms with Gasteiger partial charge in [0.15, 0.2) is 0 Å². The standard InChI is InChI=1S/C14H11F9O8/c1-6(2)7(24)31-11(3-28-8(25)12(15,16)17,4-29-9(26)13(18,19)20)5-30-10(27)14(21,22)23/h1,3-5H2,2H3. The summed E-state index contributed by atoms with van der Waals surface area (Å²) in [4.78, 5) is 44.2. The smallest absolute Gasteiger partial charge is 0.454 e. The van der Waals surface area contributed by atoms with Gasteiger partial charge in [0.25, 0.3) is 0 Å². The van der Waals surface area contributed by atoms with Gasteiger partial charge in [0, 0.05) is 5.57 Å². The first kappa shape index (κ1) is 28.0. The van der Waals surface area contributed by atoms with Crippen LogP contribution in [-0.2, 0) is 38.1 Å². The minimum absolute atomic E-state index is 0.587. The molecule has 178 valence electrons. The van der Waals surface area contributed by atoms with Gasteiger partial charge in [0.2, 0.25) is 5.60 Å². The molecule has 0 rings (SSSR count). The lowest BCUT2D eigenvalue weighted by atomic mass is 10.1. The van der Waals surface area contributed by atoms with Gasteiger partial charge in [-0.15, -0.1) is 0 Å². The largest absolute Gasteiger partial charge is 0.490 e. The van der Waals surface area contributed by atoms with Gasteiger partial charge in [-0.05, 0) is 6.92 Å². The summed E-state index contributed by atoms with van der Waals surface area (Å²) in [6.45, 7) is -1.88. The van der Waals surface area contributed by atoms with E-state index in [2.05, 4.69) is 25.5 Å². The van der Waals surface area contributed by atoms with Crippen molar-refractivity contribution >= 4 is 23.9 Å². The molecule has 0 amide bonds. The first-order valence-electron chi connectivity index (χ1n) is 7.32. The first-order valence-corrected chi connectivity index (χ1v) is 7.32. The molecule has 0 bridgehead atoms. The molecule has 17 heteroatoms. The molecule has 0 aliphatic heterocycles. The molecule has 31 heavy (non-hydrogen) atoms. The summed E-state index contributed by atoms with van der Waals surface area (Å²) in [5, 5.41) is 0. The third-order valence-electron chi connectivity index (χ3n) is 2.75. The van der Waals surface area contributed by atoms with E-state index in [9.17, 15) is 58.7 Å². The topological polar surface area (TPSA) is 105 Å². The molecular formula is C14H11F9O8. The summed E-state index contributed by atoms with van der Waals surface area (Å²) in [5.41, 5.74) is -3.82. The summed E-state index contributed by atoms with van der Waals surface area (Å²) in [7, 11) is 0. The van der Waals surface area contributed by atoms with Crippen molar-refractivity contribution in [3.63, 3.8) is 0 Å². The van der Waals surface area contributed by atoms with Gasteiger partial charge < -0.3 is 18.9 Å². The molecule has 0 saturated heterocycles. The summed E-state index contributed by atoms with van der Waals surface area (Å²) in [6.07, 6.45) is -17.1. The summed E-state index contributed by atoms with van der Waals surface area (Å²) < 4.78 is 126. The Balaban J connectivity index is 5.96. The van der Waals surface area contributed by atoms with E-state index in [1.165, 1.54) is 0 Å². The monoisotopic (exact) mass is 478 g/mol. The van der Waals surface area contributed by atoms with Crippen molar-refractivity contribution < 1.29 is 77.6 Å². The maximum Gasteiger partial charge on any atom is 0.490 e. The quantitative estimate of drug-likeness (QED) is 0.226. The number of carbonyl (C=O) groups excluding carboxylic acids is 4. The Hall–Kier alpha value is -3.01. The average molecular weight is 478 g/mol. The molecule has 0 aliphatic carbocycles. The molecule has 0 aromatic heterocycles. The molecule has 0 radical (unpaired) electrons. The van der Waals surface area contributed by atoms with E-state index in [-0.39, 0.29) is 0 Å². The Morgan fingerprint density at radius 1 is 0.645 bits per heavy atom. The zero-order valence-electron chi connectivity index (χ0n) is 15.0. The van der Waals surface area contributed by atoms with Crippen LogP contribution in [0.25, 0.3) is 0 Å². The molecular weight excluding hydrogens is 467 g/mol. The molecule has 0 saturated carbocycles. The lowest BCUT2D eigenvalue weighted by molar-refractivity contribution is -0.229. The number of hydrogen-bond donors (Lipinski definition) is 0. The molecule has 0 fully saturated rings. The van der Waals surface area contributed by atoms with E-state index >= 15 is 0 Å². The van der Waals surface area contributed by atoms with E-state index in [0.717, 1.165) is 6.92 Å². The number of rotatable bonds is 8. The third kappa shape index (κ3) is 9.56. The highest BCUT2D eigenvalue weighted by Gasteiger charge is 2.49. The fourth-order valence-corrected chi connectivity index (χ4v) is 1.33. The zero-order chi connectivity index (χ0) is 24.8. The maximum atomic E-state index is 12.3. The van der Waals surface area contributed by atoms with Gasteiger partial charge in [-0.1, -0.05) is 6.58 Å². The Labute approximate surface area is 165 Å². The maximum absolute atomic E-state index is 12.3. The van der Waals surface area contributed by atoms with Gasteiger partial charge in [-0.3, -0.25) is 0 Å². The van der Waals surface area contributed by atoms with Gasteiger partial charge in [-0.2, -0.15) is 39.5 Å². The van der Waals surface area contributed by atoms with Crippen molar-refractivity contribution in [3.05, 3.63) is 12.2 Å². The number of ether oxygens (including phenoxy) is 4. The Kier molecular flexibility index (Phi) is 8.91. The zero-order valence-corrected chi connectivity index (χ0v) is 15.0. The van der Waals surface area contributed by atoms with Crippen LogP contribution in [0.1, 0.15) is 6.92 Å². The van der Waals surface area contributed by atoms with Crippen molar-refractivity contribution in [2.75, 3.05) is 19.8 Å². The highest BCUT2D eigenvalue weighted by atomic mass is 19.4. The van der Waals surface area contributed by atoms with Crippen molar-refractivity contribution in [3.8, 4) is 0 Å². The Bertz CT molecular complexity index is 647. The lowest BCUT2D eigenvalue weighted by Gasteiger charge is -2.32. The van der Waals surface area contributed by atoms with Gasteiger partial charge in [0.05, 0.1) is 0 Å². The van der Waals surface area contributed by atoms with Gasteiger partial charge in [-0.25, -0.2) is 19.2 Å². The van der Waals surface area contributed by atoms with Crippen LogP contribution in [0.3, 0.4) is 0 Å². The average Bonchev–Trinajstić information content (AvgIpc) is 2.59. The number of alkyl halides is 9. The molecule has 0 aliphatic rings. The number of hydrogen-bond acceptors (Lipinski definition) is 8. The van der Waals surface area contributed by atoms with Crippen LogP contribution in [0.15, 0.2) is 12.2 Å². The van der Waals surface area contributed by atoms with Gasteiger partial charge in [0.1, 0.15) is 19.8 Å². The van der Waals surface area contributed by atoms with Crippen LogP contribution >= 0.6 is 0 Å².